The first kappa shape index (κ1) is 15.1. The molecule has 0 aromatic heterocycles. The van der Waals surface area contributed by atoms with Crippen molar-refractivity contribution in [1.82, 2.24) is 0 Å². The maximum absolute atomic E-state index is 11.2. The van der Waals surface area contributed by atoms with Crippen LogP contribution in [0, 0.1) is 5.92 Å². The molecule has 2 rings (SSSR count). The van der Waals surface area contributed by atoms with Crippen molar-refractivity contribution in [2.24, 2.45) is 11.1 Å². The quantitative estimate of drug-likeness (QED) is 0.615. The molecule has 1 aromatic rings. The minimum absolute atomic E-state index is 0.0151. The second-order valence-corrected chi connectivity index (χ2v) is 6.91. The van der Waals surface area contributed by atoms with Crippen LogP contribution in [0.3, 0.4) is 0 Å². The number of hydrogen-bond donors (Lipinski definition) is 4. The van der Waals surface area contributed by atoms with E-state index in [-0.39, 0.29) is 11.0 Å². The highest BCUT2D eigenvalue weighted by Crippen LogP contribution is 2.26. The molecule has 1 saturated carbocycles. The van der Waals surface area contributed by atoms with Crippen molar-refractivity contribution in [3.63, 3.8) is 0 Å². The predicted octanol–water partition coefficient (Wildman–Crippen LogP) is 0.879. The number of nitrogen functional groups attached to an aromatic ring is 1. The molecule has 6 N–H and O–H groups in total. The molecule has 0 unspecified atom stereocenters. The molecule has 1 fully saturated rings. The van der Waals surface area contributed by atoms with Gasteiger partial charge in [-0.15, -0.1) is 0 Å². The third-order valence-corrected chi connectivity index (χ3v) is 4.66. The van der Waals surface area contributed by atoms with Gasteiger partial charge in [0.2, 0.25) is 10.0 Å². The van der Waals surface area contributed by atoms with Crippen molar-refractivity contribution >= 4 is 21.4 Å². The lowest BCUT2D eigenvalue weighted by Crippen LogP contribution is -2.23. The lowest BCUT2D eigenvalue weighted by atomic mass is 9.87. The predicted molar refractivity (Wildman–Crippen MR) is 78.7 cm³/mol. The molecular formula is C13H21N3O3S. The molecule has 20 heavy (non-hydrogen) atoms. The topological polar surface area (TPSA) is 118 Å². The molecule has 0 bridgehead atoms. The van der Waals surface area contributed by atoms with E-state index in [1.807, 2.05) is 0 Å². The van der Waals surface area contributed by atoms with Gasteiger partial charge in [-0.25, -0.2) is 13.6 Å². The Morgan fingerprint density at radius 1 is 1.25 bits per heavy atom. The Bertz CT molecular complexity index is 566. The lowest BCUT2D eigenvalue weighted by molar-refractivity contribution is 0.111. The van der Waals surface area contributed by atoms with Crippen LogP contribution in [-0.2, 0) is 10.0 Å². The highest BCUT2D eigenvalue weighted by molar-refractivity contribution is 7.89. The van der Waals surface area contributed by atoms with E-state index in [9.17, 15) is 13.5 Å². The molecule has 0 spiro atoms. The van der Waals surface area contributed by atoms with Gasteiger partial charge in [0.05, 0.1) is 22.4 Å². The zero-order valence-corrected chi connectivity index (χ0v) is 12.1. The van der Waals surface area contributed by atoms with E-state index < -0.39 is 10.0 Å². The van der Waals surface area contributed by atoms with E-state index in [0.29, 0.717) is 17.3 Å². The van der Waals surface area contributed by atoms with Crippen molar-refractivity contribution in [3.8, 4) is 0 Å². The average molecular weight is 299 g/mol. The number of primary sulfonamides is 1. The summed E-state index contributed by atoms with van der Waals surface area (Å²) in [7, 11) is -3.72. The van der Waals surface area contributed by atoms with Gasteiger partial charge in [-0.1, -0.05) is 0 Å². The molecule has 0 aliphatic heterocycles. The third-order valence-electron chi connectivity index (χ3n) is 3.75. The van der Waals surface area contributed by atoms with Gasteiger partial charge in [0.15, 0.2) is 0 Å². The van der Waals surface area contributed by atoms with Gasteiger partial charge in [-0.3, -0.25) is 0 Å². The maximum atomic E-state index is 11.2. The Kier molecular flexibility index (Phi) is 4.52. The molecule has 0 radical (unpaired) electrons. The smallest absolute Gasteiger partial charge is 0.238 e. The van der Waals surface area contributed by atoms with Gasteiger partial charge < -0.3 is 16.2 Å². The van der Waals surface area contributed by atoms with Crippen LogP contribution in [0.5, 0.6) is 0 Å². The Morgan fingerprint density at radius 2 is 1.90 bits per heavy atom. The molecule has 0 heterocycles. The second kappa shape index (κ2) is 5.99. The maximum Gasteiger partial charge on any atom is 0.238 e. The number of benzene rings is 1. The van der Waals surface area contributed by atoms with Gasteiger partial charge >= 0.3 is 0 Å². The largest absolute Gasteiger partial charge is 0.397 e. The van der Waals surface area contributed by atoms with Crippen LogP contribution in [0.1, 0.15) is 25.7 Å². The van der Waals surface area contributed by atoms with Crippen LogP contribution in [-0.4, -0.2) is 26.2 Å². The molecule has 0 saturated heterocycles. The number of aliphatic hydroxyl groups excluding tert-OH is 1. The number of hydrogen-bond acceptors (Lipinski definition) is 5. The summed E-state index contributed by atoms with van der Waals surface area (Å²) in [6, 6.07) is 4.44. The second-order valence-electron chi connectivity index (χ2n) is 5.35. The fourth-order valence-electron chi connectivity index (χ4n) is 2.48. The molecule has 6 nitrogen and oxygen atoms in total. The van der Waals surface area contributed by atoms with Crippen molar-refractivity contribution in [3.05, 3.63) is 18.2 Å². The number of aliphatic hydroxyl groups is 1. The SMILES string of the molecule is Nc1cc(S(N)(=O)=O)ccc1NCC1CCC(O)CC1. The van der Waals surface area contributed by atoms with Crippen LogP contribution >= 0.6 is 0 Å². The normalized spacial score (nSPS) is 23.5. The van der Waals surface area contributed by atoms with Crippen molar-refractivity contribution in [2.45, 2.75) is 36.7 Å². The van der Waals surface area contributed by atoms with Crippen LogP contribution in [0.2, 0.25) is 0 Å². The summed E-state index contributed by atoms with van der Waals surface area (Å²) < 4.78 is 22.4. The highest BCUT2D eigenvalue weighted by Gasteiger charge is 2.19. The molecule has 0 atom stereocenters. The molecular weight excluding hydrogens is 278 g/mol. The molecule has 7 heteroatoms. The number of anilines is 2. The lowest BCUT2D eigenvalue weighted by Gasteiger charge is -2.26. The van der Waals surface area contributed by atoms with Crippen LogP contribution in [0.4, 0.5) is 11.4 Å². The fourth-order valence-corrected chi connectivity index (χ4v) is 3.03. The van der Waals surface area contributed by atoms with E-state index in [4.69, 9.17) is 10.9 Å². The standard InChI is InChI=1S/C13H21N3O3S/c14-12-7-11(20(15,18)19)5-6-13(12)16-8-9-1-3-10(17)4-2-9/h5-7,9-10,16-17H,1-4,8,14H2,(H2,15,18,19). The summed E-state index contributed by atoms with van der Waals surface area (Å²) in [5.74, 6) is 0.510. The van der Waals surface area contributed by atoms with Crippen LogP contribution < -0.4 is 16.2 Å². The Hall–Kier alpha value is -1.31. The van der Waals surface area contributed by atoms with Gasteiger partial charge in [-0.05, 0) is 49.8 Å². The van der Waals surface area contributed by atoms with Gasteiger partial charge in [0, 0.05) is 6.54 Å². The van der Waals surface area contributed by atoms with E-state index in [2.05, 4.69) is 5.32 Å². The summed E-state index contributed by atoms with van der Waals surface area (Å²) >= 11 is 0. The molecule has 1 aromatic carbocycles. The first-order valence-electron chi connectivity index (χ1n) is 6.70. The number of rotatable bonds is 4. The highest BCUT2D eigenvalue weighted by atomic mass is 32.2. The Morgan fingerprint density at radius 3 is 2.45 bits per heavy atom. The number of sulfonamides is 1. The van der Waals surface area contributed by atoms with Gasteiger partial charge in [0.1, 0.15) is 0 Å². The zero-order chi connectivity index (χ0) is 14.8. The molecule has 0 amide bonds. The number of nitrogens with one attached hydrogen (secondary N) is 1. The summed E-state index contributed by atoms with van der Waals surface area (Å²) in [5, 5.41) is 17.7. The summed E-state index contributed by atoms with van der Waals surface area (Å²) in [6.45, 7) is 0.769. The summed E-state index contributed by atoms with van der Waals surface area (Å²) in [6.07, 6.45) is 3.50. The van der Waals surface area contributed by atoms with E-state index in [1.165, 1.54) is 12.1 Å². The Balaban J connectivity index is 1.97. The third kappa shape index (κ3) is 3.84. The first-order valence-corrected chi connectivity index (χ1v) is 8.25. The van der Waals surface area contributed by atoms with E-state index in [1.54, 1.807) is 6.07 Å². The van der Waals surface area contributed by atoms with Gasteiger partial charge in [0.25, 0.3) is 0 Å². The van der Waals surface area contributed by atoms with E-state index in [0.717, 1.165) is 32.2 Å². The average Bonchev–Trinajstić information content (AvgIpc) is 2.38. The van der Waals surface area contributed by atoms with Crippen LogP contribution in [0.15, 0.2) is 23.1 Å². The molecule has 112 valence electrons. The first-order chi connectivity index (χ1) is 9.36. The minimum atomic E-state index is -3.72. The zero-order valence-electron chi connectivity index (χ0n) is 11.2. The summed E-state index contributed by atoms with van der Waals surface area (Å²) in [4.78, 5) is 0.0151. The van der Waals surface area contributed by atoms with Crippen molar-refractivity contribution < 1.29 is 13.5 Å². The number of nitrogens with two attached hydrogens (primary N) is 2. The van der Waals surface area contributed by atoms with Crippen molar-refractivity contribution in [1.29, 1.82) is 0 Å². The van der Waals surface area contributed by atoms with E-state index >= 15 is 0 Å². The fraction of sp³-hybridized carbons (Fsp3) is 0.538. The molecule has 1 aliphatic rings. The molecule has 1 aliphatic carbocycles. The monoisotopic (exact) mass is 299 g/mol. The van der Waals surface area contributed by atoms with Gasteiger partial charge in [-0.2, -0.15) is 0 Å². The van der Waals surface area contributed by atoms with Crippen LogP contribution in [0.25, 0.3) is 0 Å². The minimum Gasteiger partial charge on any atom is -0.397 e. The van der Waals surface area contributed by atoms with Crippen molar-refractivity contribution in [2.75, 3.05) is 17.6 Å². The summed E-state index contributed by atoms with van der Waals surface area (Å²) in [5.41, 5.74) is 6.91. The Labute approximate surface area is 119 Å².